The summed E-state index contributed by atoms with van der Waals surface area (Å²) in [6, 6.07) is 1.87. The average Bonchev–Trinajstić information content (AvgIpc) is 2.95. The van der Waals surface area contributed by atoms with Crippen molar-refractivity contribution < 1.29 is 4.92 Å². The van der Waals surface area contributed by atoms with Gasteiger partial charge in [0.15, 0.2) is 5.82 Å². The van der Waals surface area contributed by atoms with Crippen LogP contribution in [0.2, 0.25) is 0 Å². The molecule has 0 aromatic carbocycles. The van der Waals surface area contributed by atoms with Gasteiger partial charge in [-0.15, -0.1) is 11.3 Å². The Balaban J connectivity index is 2.02. The number of aryl methyl sites for hydroxylation is 1. The summed E-state index contributed by atoms with van der Waals surface area (Å²) >= 11 is 1.47. The Morgan fingerprint density at radius 2 is 2.19 bits per heavy atom. The predicted molar refractivity (Wildman–Crippen MR) is 79.3 cm³/mol. The SMILES string of the molecule is Cc1nn(Cc2nc(N)c3ccsc3n2)c(C)c1[N+](=O)[O-]. The second kappa shape index (κ2) is 4.77. The van der Waals surface area contributed by atoms with E-state index in [9.17, 15) is 10.1 Å². The van der Waals surface area contributed by atoms with Gasteiger partial charge in [0.2, 0.25) is 0 Å². The van der Waals surface area contributed by atoms with Gasteiger partial charge in [0.25, 0.3) is 0 Å². The van der Waals surface area contributed by atoms with Crippen LogP contribution < -0.4 is 5.73 Å². The van der Waals surface area contributed by atoms with Gasteiger partial charge in [0.05, 0.1) is 10.3 Å². The van der Waals surface area contributed by atoms with E-state index in [0.29, 0.717) is 23.0 Å². The van der Waals surface area contributed by atoms with E-state index >= 15 is 0 Å². The molecule has 2 N–H and O–H groups in total. The maximum absolute atomic E-state index is 11.0. The van der Waals surface area contributed by atoms with Crippen LogP contribution in [-0.4, -0.2) is 24.7 Å². The molecule has 0 saturated carbocycles. The Bertz CT molecular complexity index is 853. The minimum atomic E-state index is -0.425. The van der Waals surface area contributed by atoms with Crippen LogP contribution in [-0.2, 0) is 6.54 Å². The van der Waals surface area contributed by atoms with Crippen LogP contribution in [0.4, 0.5) is 11.5 Å². The largest absolute Gasteiger partial charge is 0.383 e. The van der Waals surface area contributed by atoms with Crippen molar-refractivity contribution in [2.45, 2.75) is 20.4 Å². The Hall–Kier alpha value is -2.55. The lowest BCUT2D eigenvalue weighted by molar-refractivity contribution is -0.386. The monoisotopic (exact) mass is 304 g/mol. The molecule has 0 aliphatic carbocycles. The molecule has 0 aliphatic rings. The van der Waals surface area contributed by atoms with Crippen molar-refractivity contribution in [2.24, 2.45) is 0 Å². The second-order valence-electron chi connectivity index (χ2n) is 4.60. The van der Waals surface area contributed by atoms with E-state index in [4.69, 9.17) is 5.73 Å². The lowest BCUT2D eigenvalue weighted by Gasteiger charge is -2.04. The molecule has 0 radical (unpaired) electrons. The third-order valence-electron chi connectivity index (χ3n) is 3.22. The lowest BCUT2D eigenvalue weighted by Crippen LogP contribution is -2.09. The number of nitrogens with two attached hydrogens (primary N) is 1. The molecule has 8 nitrogen and oxygen atoms in total. The van der Waals surface area contributed by atoms with Crippen molar-refractivity contribution in [3.8, 4) is 0 Å². The molecule has 0 unspecified atom stereocenters. The number of rotatable bonds is 3. The minimum Gasteiger partial charge on any atom is -0.383 e. The number of hydrogen-bond donors (Lipinski definition) is 1. The molecule has 3 aromatic rings. The van der Waals surface area contributed by atoms with Gasteiger partial charge in [0, 0.05) is 0 Å². The first-order valence-electron chi connectivity index (χ1n) is 6.15. The predicted octanol–water partition coefficient (Wildman–Crippen LogP) is 2.04. The first-order valence-corrected chi connectivity index (χ1v) is 7.03. The van der Waals surface area contributed by atoms with E-state index in [2.05, 4.69) is 15.1 Å². The van der Waals surface area contributed by atoms with Gasteiger partial charge in [-0.25, -0.2) is 9.97 Å². The van der Waals surface area contributed by atoms with E-state index in [1.807, 2.05) is 11.4 Å². The molecule has 0 bridgehead atoms. The maximum atomic E-state index is 11.0. The summed E-state index contributed by atoms with van der Waals surface area (Å²) in [6.07, 6.45) is 0. The summed E-state index contributed by atoms with van der Waals surface area (Å²) < 4.78 is 1.53. The highest BCUT2D eigenvalue weighted by atomic mass is 32.1. The molecule has 3 rings (SSSR count). The van der Waals surface area contributed by atoms with Crippen molar-refractivity contribution in [1.82, 2.24) is 19.7 Å². The molecule has 0 fully saturated rings. The van der Waals surface area contributed by atoms with E-state index in [1.165, 1.54) is 16.0 Å². The zero-order valence-electron chi connectivity index (χ0n) is 11.4. The van der Waals surface area contributed by atoms with Crippen LogP contribution in [0.25, 0.3) is 10.2 Å². The zero-order valence-corrected chi connectivity index (χ0v) is 12.2. The highest BCUT2D eigenvalue weighted by molar-refractivity contribution is 7.16. The van der Waals surface area contributed by atoms with E-state index in [0.717, 1.165) is 10.2 Å². The van der Waals surface area contributed by atoms with Crippen LogP contribution in [0.3, 0.4) is 0 Å². The van der Waals surface area contributed by atoms with Crippen LogP contribution in [0.5, 0.6) is 0 Å². The number of nitrogens with zero attached hydrogens (tertiary/aromatic N) is 5. The molecule has 108 valence electrons. The number of hydrogen-bond acceptors (Lipinski definition) is 7. The molecule has 0 atom stereocenters. The molecule has 0 aliphatic heterocycles. The van der Waals surface area contributed by atoms with Crippen LogP contribution >= 0.6 is 11.3 Å². The van der Waals surface area contributed by atoms with Gasteiger partial charge in [-0.2, -0.15) is 5.10 Å². The van der Waals surface area contributed by atoms with Crippen LogP contribution in [0.15, 0.2) is 11.4 Å². The molecule has 3 heterocycles. The van der Waals surface area contributed by atoms with Gasteiger partial charge in [-0.05, 0) is 25.3 Å². The highest BCUT2D eigenvalue weighted by Crippen LogP contribution is 2.25. The number of fused-ring (bicyclic) bond motifs is 1. The third kappa shape index (κ3) is 2.21. The number of anilines is 1. The minimum absolute atomic E-state index is 0.0279. The Labute approximate surface area is 123 Å². The Morgan fingerprint density at radius 1 is 1.43 bits per heavy atom. The first-order chi connectivity index (χ1) is 9.97. The summed E-state index contributed by atoms with van der Waals surface area (Å²) in [5.41, 5.74) is 6.78. The molecule has 3 aromatic heterocycles. The number of aromatic nitrogens is 4. The van der Waals surface area contributed by atoms with E-state index < -0.39 is 4.92 Å². The molecular weight excluding hydrogens is 292 g/mol. The average molecular weight is 304 g/mol. The van der Waals surface area contributed by atoms with Gasteiger partial charge in [-0.1, -0.05) is 0 Å². The summed E-state index contributed by atoms with van der Waals surface area (Å²) in [7, 11) is 0. The summed E-state index contributed by atoms with van der Waals surface area (Å²) in [5.74, 6) is 0.898. The first kappa shape index (κ1) is 13.4. The number of nitro groups is 1. The summed E-state index contributed by atoms with van der Waals surface area (Å²) in [6.45, 7) is 3.52. The third-order valence-corrected chi connectivity index (χ3v) is 4.02. The van der Waals surface area contributed by atoms with Gasteiger partial charge >= 0.3 is 5.69 Å². The van der Waals surface area contributed by atoms with Crippen molar-refractivity contribution in [3.63, 3.8) is 0 Å². The van der Waals surface area contributed by atoms with Crippen molar-refractivity contribution in [1.29, 1.82) is 0 Å². The van der Waals surface area contributed by atoms with Gasteiger partial charge in [-0.3, -0.25) is 14.8 Å². The van der Waals surface area contributed by atoms with Gasteiger partial charge in [0.1, 0.15) is 28.6 Å². The number of nitrogen functional groups attached to an aromatic ring is 1. The standard InChI is InChI=1S/C12H12N6O2S/c1-6-10(18(19)20)7(2)17(16-6)5-9-14-11(13)8-3-4-21-12(8)15-9/h3-4H,5H2,1-2H3,(H2,13,14,15). The van der Waals surface area contributed by atoms with Crippen LogP contribution in [0.1, 0.15) is 17.2 Å². The summed E-state index contributed by atoms with van der Waals surface area (Å²) in [4.78, 5) is 20.0. The van der Waals surface area contributed by atoms with E-state index in [-0.39, 0.29) is 12.2 Å². The second-order valence-corrected chi connectivity index (χ2v) is 5.49. The van der Waals surface area contributed by atoms with Crippen molar-refractivity contribution in [3.05, 3.63) is 38.8 Å². The van der Waals surface area contributed by atoms with Crippen LogP contribution in [0, 0.1) is 24.0 Å². The fourth-order valence-corrected chi connectivity index (χ4v) is 3.03. The lowest BCUT2D eigenvalue weighted by atomic mass is 10.3. The molecule has 0 saturated heterocycles. The molecular formula is C12H12N6O2S. The van der Waals surface area contributed by atoms with E-state index in [1.54, 1.807) is 13.8 Å². The quantitative estimate of drug-likeness (QED) is 0.585. The normalized spacial score (nSPS) is 11.1. The summed E-state index contributed by atoms with van der Waals surface area (Å²) in [5, 5.41) is 17.9. The molecule has 0 amide bonds. The molecule has 9 heteroatoms. The fraction of sp³-hybridized carbons (Fsp3) is 0.250. The zero-order chi connectivity index (χ0) is 15.1. The Morgan fingerprint density at radius 3 is 2.86 bits per heavy atom. The van der Waals surface area contributed by atoms with Crippen molar-refractivity contribution in [2.75, 3.05) is 5.73 Å². The molecule has 21 heavy (non-hydrogen) atoms. The highest BCUT2D eigenvalue weighted by Gasteiger charge is 2.22. The number of thiophene rings is 1. The fourth-order valence-electron chi connectivity index (χ4n) is 2.23. The topological polar surface area (TPSA) is 113 Å². The van der Waals surface area contributed by atoms with Gasteiger partial charge < -0.3 is 5.73 Å². The Kier molecular flexibility index (Phi) is 3.05. The van der Waals surface area contributed by atoms with Crippen molar-refractivity contribution >= 4 is 33.1 Å². The smallest absolute Gasteiger partial charge is 0.312 e. The maximum Gasteiger partial charge on any atom is 0.312 e. The molecule has 0 spiro atoms.